The maximum atomic E-state index is 11.9. The smallest absolute Gasteiger partial charge is 0.238 e. The summed E-state index contributed by atoms with van der Waals surface area (Å²) in [5.41, 5.74) is 6.20. The Morgan fingerprint density at radius 1 is 1.56 bits per heavy atom. The molecule has 1 aromatic rings. The van der Waals surface area contributed by atoms with Gasteiger partial charge in [0.2, 0.25) is 5.91 Å². The molecule has 7 heteroatoms. The van der Waals surface area contributed by atoms with Crippen molar-refractivity contribution in [1.82, 2.24) is 31.3 Å². The summed E-state index contributed by atoms with van der Waals surface area (Å²) >= 11 is 0. The SMILES string of the molecule is CC(C)CC1CC(C(=O)NCc2ncn[nH]2)NN1. The van der Waals surface area contributed by atoms with Gasteiger partial charge >= 0.3 is 0 Å². The number of hydrogen-bond acceptors (Lipinski definition) is 5. The minimum atomic E-state index is -0.170. The third-order valence-corrected chi connectivity index (χ3v) is 2.95. The standard InChI is InChI=1S/C11H20N6O/c1-7(2)3-8-4-9(16-15-8)11(18)12-5-10-13-6-14-17-10/h6-9,15-16H,3-5H2,1-2H3,(H,12,18)(H,13,14,17). The summed E-state index contributed by atoms with van der Waals surface area (Å²) in [4.78, 5) is 15.8. The van der Waals surface area contributed by atoms with Gasteiger partial charge in [-0.2, -0.15) is 5.10 Å². The van der Waals surface area contributed by atoms with Crippen LogP contribution in [-0.2, 0) is 11.3 Å². The molecule has 2 heterocycles. The first-order chi connectivity index (χ1) is 8.65. The number of carbonyl (C=O) groups is 1. The average Bonchev–Trinajstić information content (AvgIpc) is 2.95. The van der Waals surface area contributed by atoms with E-state index >= 15 is 0 Å². The van der Waals surface area contributed by atoms with Crippen LogP contribution >= 0.6 is 0 Å². The minimum Gasteiger partial charge on any atom is -0.347 e. The van der Waals surface area contributed by atoms with Crippen molar-refractivity contribution in [3.8, 4) is 0 Å². The average molecular weight is 252 g/mol. The summed E-state index contributed by atoms with van der Waals surface area (Å²) < 4.78 is 0. The fraction of sp³-hybridized carbons (Fsp3) is 0.727. The van der Waals surface area contributed by atoms with Gasteiger partial charge in [0.15, 0.2) is 0 Å². The van der Waals surface area contributed by atoms with E-state index in [1.165, 1.54) is 6.33 Å². The number of hydrazine groups is 1. The Balaban J connectivity index is 1.73. The van der Waals surface area contributed by atoms with Crippen molar-refractivity contribution in [1.29, 1.82) is 0 Å². The maximum Gasteiger partial charge on any atom is 0.238 e. The molecule has 2 atom stereocenters. The van der Waals surface area contributed by atoms with Gasteiger partial charge in [0, 0.05) is 6.04 Å². The number of amides is 1. The Bertz CT molecular complexity index is 377. The molecule has 0 aliphatic carbocycles. The van der Waals surface area contributed by atoms with Crippen LogP contribution in [0, 0.1) is 5.92 Å². The van der Waals surface area contributed by atoms with Crippen LogP contribution in [-0.4, -0.2) is 33.2 Å². The molecular weight excluding hydrogens is 232 g/mol. The highest BCUT2D eigenvalue weighted by atomic mass is 16.2. The highest BCUT2D eigenvalue weighted by Crippen LogP contribution is 2.13. The number of carbonyl (C=O) groups excluding carboxylic acids is 1. The number of H-pyrrole nitrogens is 1. The summed E-state index contributed by atoms with van der Waals surface area (Å²) in [6.07, 6.45) is 3.31. The molecule has 0 bridgehead atoms. The van der Waals surface area contributed by atoms with Crippen LogP contribution in [0.1, 0.15) is 32.5 Å². The first-order valence-electron chi connectivity index (χ1n) is 6.28. The molecule has 0 saturated carbocycles. The van der Waals surface area contributed by atoms with Gasteiger partial charge in [-0.25, -0.2) is 10.4 Å². The van der Waals surface area contributed by atoms with E-state index in [4.69, 9.17) is 0 Å². The van der Waals surface area contributed by atoms with Crippen LogP contribution < -0.4 is 16.2 Å². The lowest BCUT2D eigenvalue weighted by atomic mass is 10.00. The van der Waals surface area contributed by atoms with Crippen LogP contribution in [0.2, 0.25) is 0 Å². The molecule has 1 fully saturated rings. The Morgan fingerprint density at radius 3 is 3.06 bits per heavy atom. The number of nitrogens with zero attached hydrogens (tertiary/aromatic N) is 2. The molecule has 1 amide bonds. The van der Waals surface area contributed by atoms with Crippen molar-refractivity contribution in [3.63, 3.8) is 0 Å². The van der Waals surface area contributed by atoms with Gasteiger partial charge in [-0.05, 0) is 18.8 Å². The molecule has 4 N–H and O–H groups in total. The first kappa shape index (κ1) is 13.0. The fourth-order valence-corrected chi connectivity index (χ4v) is 2.13. The van der Waals surface area contributed by atoms with Crippen molar-refractivity contribution in [2.75, 3.05) is 0 Å². The monoisotopic (exact) mass is 252 g/mol. The zero-order valence-corrected chi connectivity index (χ0v) is 10.7. The molecular formula is C11H20N6O. The predicted molar refractivity (Wildman–Crippen MR) is 66.1 cm³/mol. The maximum absolute atomic E-state index is 11.9. The van der Waals surface area contributed by atoms with Gasteiger partial charge in [-0.15, -0.1) is 0 Å². The largest absolute Gasteiger partial charge is 0.347 e. The number of aromatic amines is 1. The van der Waals surface area contributed by atoms with Crippen molar-refractivity contribution in [2.45, 2.75) is 45.3 Å². The molecule has 0 spiro atoms. The Morgan fingerprint density at radius 2 is 2.39 bits per heavy atom. The van der Waals surface area contributed by atoms with Gasteiger partial charge in [0.1, 0.15) is 18.2 Å². The molecule has 18 heavy (non-hydrogen) atoms. The second-order valence-electron chi connectivity index (χ2n) is 5.05. The normalized spacial score (nSPS) is 23.5. The molecule has 1 aliphatic rings. The van der Waals surface area contributed by atoms with Crippen molar-refractivity contribution < 1.29 is 4.79 Å². The van der Waals surface area contributed by atoms with E-state index < -0.39 is 0 Å². The number of nitrogens with one attached hydrogen (secondary N) is 4. The van der Waals surface area contributed by atoms with Gasteiger partial charge < -0.3 is 5.32 Å². The summed E-state index contributed by atoms with van der Waals surface area (Å²) in [5, 5.41) is 9.26. The molecule has 2 unspecified atom stereocenters. The second kappa shape index (κ2) is 5.92. The van der Waals surface area contributed by atoms with Gasteiger partial charge in [0.25, 0.3) is 0 Å². The summed E-state index contributed by atoms with van der Waals surface area (Å²) in [5.74, 6) is 1.28. The van der Waals surface area contributed by atoms with Gasteiger partial charge in [0.05, 0.1) is 6.54 Å². The van der Waals surface area contributed by atoms with E-state index in [2.05, 4.69) is 45.2 Å². The van der Waals surface area contributed by atoms with E-state index in [1.807, 2.05) is 0 Å². The van der Waals surface area contributed by atoms with Crippen molar-refractivity contribution in [3.05, 3.63) is 12.2 Å². The molecule has 1 saturated heterocycles. The zero-order valence-electron chi connectivity index (χ0n) is 10.7. The van der Waals surface area contributed by atoms with E-state index in [9.17, 15) is 4.79 Å². The summed E-state index contributed by atoms with van der Waals surface area (Å²) in [6.45, 7) is 4.74. The fourth-order valence-electron chi connectivity index (χ4n) is 2.13. The van der Waals surface area contributed by atoms with E-state index in [1.54, 1.807) is 0 Å². The lowest BCUT2D eigenvalue weighted by Gasteiger charge is -2.11. The van der Waals surface area contributed by atoms with Gasteiger partial charge in [-0.1, -0.05) is 13.8 Å². The molecule has 1 aromatic heterocycles. The highest BCUT2D eigenvalue weighted by Gasteiger charge is 2.29. The number of rotatable bonds is 5. The number of hydrogen-bond donors (Lipinski definition) is 4. The molecule has 0 radical (unpaired) electrons. The van der Waals surface area contributed by atoms with Crippen molar-refractivity contribution in [2.24, 2.45) is 5.92 Å². The highest BCUT2D eigenvalue weighted by molar-refractivity contribution is 5.81. The summed E-state index contributed by atoms with van der Waals surface area (Å²) in [6, 6.07) is 0.197. The van der Waals surface area contributed by atoms with Crippen molar-refractivity contribution >= 4 is 5.91 Å². The Kier molecular flexibility index (Phi) is 4.27. The Labute approximate surface area is 106 Å². The molecule has 7 nitrogen and oxygen atoms in total. The zero-order chi connectivity index (χ0) is 13.0. The molecule has 0 aromatic carbocycles. The first-order valence-corrected chi connectivity index (χ1v) is 6.28. The van der Waals surface area contributed by atoms with E-state index in [0.29, 0.717) is 24.3 Å². The quantitative estimate of drug-likeness (QED) is 0.577. The number of aromatic nitrogens is 3. The van der Waals surface area contributed by atoms with E-state index in [0.717, 1.165) is 12.8 Å². The minimum absolute atomic E-state index is 0.00911. The summed E-state index contributed by atoms with van der Waals surface area (Å²) in [7, 11) is 0. The van der Waals surface area contributed by atoms with Crippen LogP contribution in [0.15, 0.2) is 6.33 Å². The van der Waals surface area contributed by atoms with Crippen LogP contribution in [0.5, 0.6) is 0 Å². The third kappa shape index (κ3) is 3.51. The Hall–Kier alpha value is -1.47. The molecule has 1 aliphatic heterocycles. The topological polar surface area (TPSA) is 94.7 Å². The van der Waals surface area contributed by atoms with Crippen LogP contribution in [0.25, 0.3) is 0 Å². The van der Waals surface area contributed by atoms with Crippen LogP contribution in [0.4, 0.5) is 0 Å². The molecule has 100 valence electrons. The lowest BCUT2D eigenvalue weighted by molar-refractivity contribution is -0.123. The predicted octanol–water partition coefficient (Wildman–Crippen LogP) is -0.298. The lowest BCUT2D eigenvalue weighted by Crippen LogP contribution is -2.43. The molecule has 2 rings (SSSR count). The second-order valence-corrected chi connectivity index (χ2v) is 5.05. The van der Waals surface area contributed by atoms with Gasteiger partial charge in [-0.3, -0.25) is 15.3 Å². The van der Waals surface area contributed by atoms with Crippen LogP contribution in [0.3, 0.4) is 0 Å². The third-order valence-electron chi connectivity index (χ3n) is 2.95. The van der Waals surface area contributed by atoms with E-state index in [-0.39, 0.29) is 11.9 Å².